The summed E-state index contributed by atoms with van der Waals surface area (Å²) in [6, 6.07) is 13.4. The van der Waals surface area contributed by atoms with E-state index in [0.717, 1.165) is 29.9 Å². The summed E-state index contributed by atoms with van der Waals surface area (Å²) in [4.78, 5) is 27.5. The number of nitrogens with zero attached hydrogens (tertiary/aromatic N) is 3. The summed E-state index contributed by atoms with van der Waals surface area (Å²) in [7, 11) is 3.50. The van der Waals surface area contributed by atoms with Crippen molar-refractivity contribution in [1.29, 1.82) is 0 Å². The van der Waals surface area contributed by atoms with Gasteiger partial charge in [0.2, 0.25) is 5.91 Å². The lowest BCUT2D eigenvalue weighted by Gasteiger charge is -2.34. The second kappa shape index (κ2) is 9.25. The molecule has 1 aliphatic rings. The lowest BCUT2D eigenvalue weighted by molar-refractivity contribution is -0.129. The first-order valence-corrected chi connectivity index (χ1v) is 11.0. The topological polar surface area (TPSA) is 87.0 Å². The fourth-order valence-corrected chi connectivity index (χ4v) is 4.71. The normalized spacial score (nSPS) is 15.8. The first-order chi connectivity index (χ1) is 15.8. The average molecular weight is 451 g/mol. The smallest absolute Gasteiger partial charge is 0.274 e. The third-order valence-electron chi connectivity index (χ3n) is 6.43. The van der Waals surface area contributed by atoms with Crippen molar-refractivity contribution < 1.29 is 19.5 Å². The Hall–Kier alpha value is -3.36. The molecule has 1 aliphatic heterocycles. The monoisotopic (exact) mass is 450 g/mol. The number of nitrogens with one attached hydrogen (secondary N) is 1. The van der Waals surface area contributed by atoms with Crippen molar-refractivity contribution in [3.63, 3.8) is 0 Å². The van der Waals surface area contributed by atoms with Crippen molar-refractivity contribution in [2.45, 2.75) is 32.9 Å². The Kier molecular flexibility index (Phi) is 6.40. The second-order valence-corrected chi connectivity index (χ2v) is 8.74. The van der Waals surface area contributed by atoms with Crippen molar-refractivity contribution in [2.24, 2.45) is 0 Å². The average Bonchev–Trinajstić information content (AvgIpc) is 3.11. The SMILES string of the molecule is COc1ccc2c(c1)c1c(n2Cc2ccc(C(=O)NO)cc2)CN(CN(C)C(C)=O)CC1C. The van der Waals surface area contributed by atoms with Crippen molar-refractivity contribution in [3.8, 4) is 5.75 Å². The predicted octanol–water partition coefficient (Wildman–Crippen LogP) is 3.17. The van der Waals surface area contributed by atoms with Crippen LogP contribution in [0.3, 0.4) is 0 Å². The molecule has 0 aliphatic carbocycles. The maximum atomic E-state index is 11.8. The number of hydroxylamine groups is 1. The summed E-state index contributed by atoms with van der Waals surface area (Å²) < 4.78 is 7.82. The second-order valence-electron chi connectivity index (χ2n) is 8.74. The molecule has 8 nitrogen and oxygen atoms in total. The number of carbonyl (C=O) groups excluding carboxylic acids is 2. The molecular formula is C25H30N4O4. The van der Waals surface area contributed by atoms with E-state index < -0.39 is 5.91 Å². The summed E-state index contributed by atoms with van der Waals surface area (Å²) in [5.41, 5.74) is 6.79. The maximum Gasteiger partial charge on any atom is 0.274 e. The van der Waals surface area contributed by atoms with E-state index in [-0.39, 0.29) is 5.91 Å². The number of benzene rings is 2. The summed E-state index contributed by atoms with van der Waals surface area (Å²) in [5, 5.41) is 10.0. The van der Waals surface area contributed by atoms with Gasteiger partial charge in [0.05, 0.1) is 13.8 Å². The Morgan fingerprint density at radius 2 is 1.94 bits per heavy atom. The van der Waals surface area contributed by atoms with Gasteiger partial charge in [0.1, 0.15) is 5.75 Å². The molecule has 1 unspecified atom stereocenters. The Bertz CT molecular complexity index is 1190. The Labute approximate surface area is 193 Å². The van der Waals surface area contributed by atoms with Crippen molar-refractivity contribution >= 4 is 22.7 Å². The number of hydrogen-bond donors (Lipinski definition) is 2. The van der Waals surface area contributed by atoms with E-state index in [2.05, 4.69) is 28.5 Å². The fourth-order valence-electron chi connectivity index (χ4n) is 4.71. The maximum absolute atomic E-state index is 11.8. The van der Waals surface area contributed by atoms with Crippen LogP contribution >= 0.6 is 0 Å². The molecule has 3 aromatic rings. The largest absolute Gasteiger partial charge is 0.497 e. The molecule has 4 rings (SSSR count). The van der Waals surface area contributed by atoms with Crippen molar-refractivity contribution in [2.75, 3.05) is 27.4 Å². The van der Waals surface area contributed by atoms with Gasteiger partial charge in [0.25, 0.3) is 5.91 Å². The number of hydrogen-bond acceptors (Lipinski definition) is 5. The number of amides is 2. The summed E-state index contributed by atoms with van der Waals surface area (Å²) in [6.45, 7) is 6.63. The third-order valence-corrected chi connectivity index (χ3v) is 6.43. The molecule has 0 spiro atoms. The summed E-state index contributed by atoms with van der Waals surface area (Å²) in [6.07, 6.45) is 0. The molecule has 0 saturated heterocycles. The minimum Gasteiger partial charge on any atom is -0.497 e. The molecule has 0 bridgehead atoms. The molecule has 174 valence electrons. The summed E-state index contributed by atoms with van der Waals surface area (Å²) >= 11 is 0. The van der Waals surface area contributed by atoms with E-state index in [1.165, 1.54) is 16.6 Å². The van der Waals surface area contributed by atoms with Crippen LogP contribution in [-0.2, 0) is 17.9 Å². The molecule has 8 heteroatoms. The van der Waals surface area contributed by atoms with E-state index in [4.69, 9.17) is 9.94 Å². The van der Waals surface area contributed by atoms with Crippen molar-refractivity contribution in [1.82, 2.24) is 19.8 Å². The number of rotatable bonds is 6. The standard InChI is InChI=1S/C25H30N4O4/c1-16-12-28(15-27(3)17(2)30)14-23-24(16)21-11-20(33-4)9-10-22(21)29(23)13-18-5-7-19(8-6-18)25(31)26-32/h5-11,16,32H,12-15H2,1-4H3,(H,26,31). The third kappa shape index (κ3) is 4.44. The fraction of sp³-hybridized carbons (Fsp3) is 0.360. The zero-order valence-corrected chi connectivity index (χ0v) is 19.5. The van der Waals surface area contributed by atoms with Gasteiger partial charge in [-0.25, -0.2) is 5.48 Å². The van der Waals surface area contributed by atoms with Crippen LogP contribution in [0, 0.1) is 0 Å². The minimum atomic E-state index is -0.531. The molecule has 33 heavy (non-hydrogen) atoms. The van der Waals surface area contributed by atoms with E-state index in [1.54, 1.807) is 36.5 Å². The van der Waals surface area contributed by atoms with Crippen LogP contribution in [0.25, 0.3) is 10.9 Å². The lowest BCUT2D eigenvalue weighted by Crippen LogP contribution is -2.42. The number of carbonyl (C=O) groups is 2. The highest BCUT2D eigenvalue weighted by Gasteiger charge is 2.30. The van der Waals surface area contributed by atoms with Gasteiger partial charge >= 0.3 is 0 Å². The molecule has 2 aromatic carbocycles. The van der Waals surface area contributed by atoms with Gasteiger partial charge in [-0.15, -0.1) is 0 Å². The Morgan fingerprint density at radius 3 is 2.58 bits per heavy atom. The first kappa shape index (κ1) is 22.8. The first-order valence-electron chi connectivity index (χ1n) is 11.0. The van der Waals surface area contributed by atoms with Crippen LogP contribution in [0.15, 0.2) is 42.5 Å². The highest BCUT2D eigenvalue weighted by Crippen LogP contribution is 2.38. The highest BCUT2D eigenvalue weighted by molar-refractivity contribution is 5.93. The van der Waals surface area contributed by atoms with Gasteiger partial charge in [0, 0.05) is 55.8 Å². The molecule has 0 saturated carbocycles. The molecule has 0 fully saturated rings. The van der Waals surface area contributed by atoms with E-state index >= 15 is 0 Å². The van der Waals surface area contributed by atoms with Gasteiger partial charge in [-0.3, -0.25) is 19.7 Å². The molecule has 1 atom stereocenters. The van der Waals surface area contributed by atoms with Gasteiger partial charge in [-0.2, -0.15) is 0 Å². The van der Waals surface area contributed by atoms with Gasteiger partial charge in [-0.05, 0) is 47.4 Å². The predicted molar refractivity (Wildman–Crippen MR) is 125 cm³/mol. The number of fused-ring (bicyclic) bond motifs is 3. The van der Waals surface area contributed by atoms with Crippen LogP contribution in [0.5, 0.6) is 5.75 Å². The van der Waals surface area contributed by atoms with Gasteiger partial charge in [-0.1, -0.05) is 19.1 Å². The highest BCUT2D eigenvalue weighted by atomic mass is 16.5. The van der Waals surface area contributed by atoms with Crippen LogP contribution in [0.4, 0.5) is 0 Å². The summed E-state index contributed by atoms with van der Waals surface area (Å²) in [5.74, 6) is 0.635. The Balaban J connectivity index is 1.75. The quantitative estimate of drug-likeness (QED) is 0.445. The zero-order valence-electron chi connectivity index (χ0n) is 19.5. The molecule has 0 radical (unpaired) electrons. The van der Waals surface area contributed by atoms with E-state index in [0.29, 0.717) is 24.7 Å². The number of methoxy groups -OCH3 is 1. The van der Waals surface area contributed by atoms with Gasteiger partial charge < -0.3 is 14.2 Å². The molecule has 2 amide bonds. The van der Waals surface area contributed by atoms with Crippen molar-refractivity contribution in [3.05, 3.63) is 64.8 Å². The van der Waals surface area contributed by atoms with E-state index in [9.17, 15) is 9.59 Å². The van der Waals surface area contributed by atoms with Crippen LogP contribution in [0.1, 0.15) is 46.9 Å². The van der Waals surface area contributed by atoms with Gasteiger partial charge in [0.15, 0.2) is 0 Å². The van der Waals surface area contributed by atoms with Crippen LogP contribution in [0.2, 0.25) is 0 Å². The number of ether oxygens (including phenoxy) is 1. The molecule has 1 aromatic heterocycles. The zero-order chi connectivity index (χ0) is 23.7. The lowest BCUT2D eigenvalue weighted by atomic mass is 9.93. The minimum absolute atomic E-state index is 0.0470. The molecule has 2 N–H and O–H groups in total. The Morgan fingerprint density at radius 1 is 1.21 bits per heavy atom. The van der Waals surface area contributed by atoms with Crippen LogP contribution < -0.4 is 10.2 Å². The molecule has 2 heterocycles. The molecular weight excluding hydrogens is 420 g/mol. The van der Waals surface area contributed by atoms with Crippen LogP contribution in [-0.4, -0.2) is 58.8 Å². The number of aromatic nitrogens is 1. The van der Waals surface area contributed by atoms with E-state index in [1.807, 2.05) is 25.2 Å².